The lowest BCUT2D eigenvalue weighted by Gasteiger charge is -2.04. The number of ether oxygens (including phenoxy) is 1. The third kappa shape index (κ3) is 3.13. The molecule has 2 aromatic heterocycles. The minimum atomic E-state index is -0.419. The number of fused-ring (bicyclic) bond motifs is 3. The molecule has 4 aromatic rings. The number of carbonyl (C=O) groups is 2. The second-order valence-electron chi connectivity index (χ2n) is 6.09. The van der Waals surface area contributed by atoms with Crippen LogP contribution in [0.5, 0.6) is 0 Å². The summed E-state index contributed by atoms with van der Waals surface area (Å²) >= 11 is 7.61. The van der Waals surface area contributed by atoms with E-state index in [-0.39, 0.29) is 0 Å². The van der Waals surface area contributed by atoms with E-state index in [2.05, 4.69) is 0 Å². The summed E-state index contributed by atoms with van der Waals surface area (Å²) in [5.41, 5.74) is 3.92. The van der Waals surface area contributed by atoms with Crippen molar-refractivity contribution in [1.29, 1.82) is 0 Å². The van der Waals surface area contributed by atoms with E-state index < -0.39 is 5.97 Å². The van der Waals surface area contributed by atoms with Gasteiger partial charge in [-0.05, 0) is 42.8 Å². The molecule has 0 radical (unpaired) electrons. The molecule has 0 saturated carbocycles. The molecule has 0 bridgehead atoms. The molecule has 0 amide bonds. The predicted molar refractivity (Wildman–Crippen MR) is 114 cm³/mol. The summed E-state index contributed by atoms with van der Waals surface area (Å²) in [7, 11) is 0. The van der Waals surface area contributed by atoms with Gasteiger partial charge in [0.05, 0.1) is 22.5 Å². The Morgan fingerprint density at radius 3 is 2.64 bits per heavy atom. The van der Waals surface area contributed by atoms with Crippen LogP contribution >= 0.6 is 22.9 Å². The highest BCUT2D eigenvalue weighted by Gasteiger charge is 2.21. The fourth-order valence-corrected chi connectivity index (χ4v) is 4.60. The molecule has 4 nitrogen and oxygen atoms in total. The molecule has 6 heteroatoms. The number of rotatable bonds is 5. The molecule has 2 aromatic carbocycles. The van der Waals surface area contributed by atoms with Crippen molar-refractivity contribution < 1.29 is 14.3 Å². The molecule has 0 fully saturated rings. The third-order valence-electron chi connectivity index (χ3n) is 4.43. The summed E-state index contributed by atoms with van der Waals surface area (Å²) < 4.78 is 8.02. The summed E-state index contributed by atoms with van der Waals surface area (Å²) in [5.74, 6) is -0.419. The van der Waals surface area contributed by atoms with Gasteiger partial charge >= 0.3 is 5.97 Å². The number of benzene rings is 2. The molecule has 0 N–H and O–H groups in total. The Morgan fingerprint density at radius 1 is 1.18 bits per heavy atom. The van der Waals surface area contributed by atoms with Gasteiger partial charge in [0, 0.05) is 22.2 Å². The van der Waals surface area contributed by atoms with E-state index in [1.54, 1.807) is 36.5 Å². The number of hydrogen-bond acceptors (Lipinski definition) is 4. The zero-order valence-corrected chi connectivity index (χ0v) is 16.6. The first-order chi connectivity index (χ1) is 13.6. The largest absolute Gasteiger partial charge is 0.463 e. The van der Waals surface area contributed by atoms with Crippen LogP contribution in [0.2, 0.25) is 5.02 Å². The normalized spacial score (nSPS) is 11.5. The molecule has 28 heavy (non-hydrogen) atoms. The van der Waals surface area contributed by atoms with E-state index in [0.29, 0.717) is 17.3 Å². The van der Waals surface area contributed by atoms with Crippen LogP contribution in [0, 0.1) is 0 Å². The molecule has 0 unspecified atom stereocenters. The molecule has 2 heterocycles. The van der Waals surface area contributed by atoms with Gasteiger partial charge in [0.2, 0.25) is 0 Å². The molecule has 0 aliphatic heterocycles. The van der Waals surface area contributed by atoms with Crippen molar-refractivity contribution in [3.8, 4) is 11.1 Å². The SMILES string of the molecule is CCOC(=O)/C=C/c1c(-c2ccc(Cl)cc2)c(C=O)n2c1sc1ccccc12. The summed E-state index contributed by atoms with van der Waals surface area (Å²) in [6.07, 6.45) is 3.98. The topological polar surface area (TPSA) is 47.8 Å². The van der Waals surface area contributed by atoms with Crippen LogP contribution < -0.4 is 0 Å². The Kier molecular flexibility index (Phi) is 5.03. The van der Waals surface area contributed by atoms with Gasteiger partial charge in [-0.25, -0.2) is 4.79 Å². The maximum Gasteiger partial charge on any atom is 0.330 e. The molecular formula is C22H16ClNO3S. The zero-order chi connectivity index (χ0) is 19.7. The van der Waals surface area contributed by atoms with E-state index in [0.717, 1.165) is 38.0 Å². The molecule has 0 aliphatic carbocycles. The lowest BCUT2D eigenvalue weighted by molar-refractivity contribution is -0.137. The zero-order valence-electron chi connectivity index (χ0n) is 15.0. The fraction of sp³-hybridized carbons (Fsp3) is 0.0909. The van der Waals surface area contributed by atoms with Crippen LogP contribution in [0.3, 0.4) is 0 Å². The van der Waals surface area contributed by atoms with E-state index in [1.807, 2.05) is 40.8 Å². The van der Waals surface area contributed by atoms with E-state index in [4.69, 9.17) is 16.3 Å². The minimum Gasteiger partial charge on any atom is -0.463 e. The van der Waals surface area contributed by atoms with Gasteiger partial charge in [0.15, 0.2) is 6.29 Å². The highest BCUT2D eigenvalue weighted by molar-refractivity contribution is 7.24. The predicted octanol–water partition coefficient (Wildman–Crippen LogP) is 5.86. The molecule has 140 valence electrons. The Hall–Kier alpha value is -2.89. The highest BCUT2D eigenvalue weighted by atomic mass is 35.5. The number of para-hydroxylation sites is 1. The van der Waals surface area contributed by atoms with Gasteiger partial charge in [-0.1, -0.05) is 35.9 Å². The van der Waals surface area contributed by atoms with Gasteiger partial charge in [0.1, 0.15) is 4.83 Å². The quantitative estimate of drug-likeness (QED) is 0.235. The van der Waals surface area contributed by atoms with Crippen molar-refractivity contribution in [2.75, 3.05) is 6.61 Å². The molecule has 0 saturated heterocycles. The monoisotopic (exact) mass is 409 g/mol. The first-order valence-electron chi connectivity index (χ1n) is 8.76. The standard InChI is InChI=1S/C22H16ClNO3S/c1-2-27-20(26)12-11-16-21(14-7-9-15(23)10-8-14)18(13-25)24-17-5-3-4-6-19(17)28-22(16)24/h3-13H,2H2,1H3/b12-11+. The number of thiazole rings is 1. The number of aldehydes is 1. The Labute approximate surface area is 170 Å². The first-order valence-corrected chi connectivity index (χ1v) is 9.95. The smallest absolute Gasteiger partial charge is 0.330 e. The van der Waals surface area contributed by atoms with E-state index >= 15 is 0 Å². The van der Waals surface area contributed by atoms with Crippen molar-refractivity contribution in [1.82, 2.24) is 4.40 Å². The van der Waals surface area contributed by atoms with Crippen molar-refractivity contribution in [3.05, 3.63) is 70.9 Å². The molecule has 0 aliphatic rings. The van der Waals surface area contributed by atoms with Gasteiger partial charge < -0.3 is 4.74 Å². The maximum atomic E-state index is 12.1. The lowest BCUT2D eigenvalue weighted by atomic mass is 10.0. The van der Waals surface area contributed by atoms with E-state index in [1.165, 1.54) is 6.08 Å². The van der Waals surface area contributed by atoms with Gasteiger partial charge in [0.25, 0.3) is 0 Å². The number of esters is 1. The maximum absolute atomic E-state index is 12.1. The Morgan fingerprint density at radius 2 is 1.93 bits per heavy atom. The summed E-state index contributed by atoms with van der Waals surface area (Å²) in [4.78, 5) is 24.9. The average molecular weight is 410 g/mol. The molecule has 0 spiro atoms. The van der Waals surface area contributed by atoms with Gasteiger partial charge in [-0.2, -0.15) is 0 Å². The van der Waals surface area contributed by atoms with Crippen molar-refractivity contribution in [2.45, 2.75) is 6.92 Å². The van der Waals surface area contributed by atoms with Crippen LogP contribution in [0.1, 0.15) is 23.0 Å². The van der Waals surface area contributed by atoms with Crippen LogP contribution in [-0.4, -0.2) is 23.3 Å². The highest BCUT2D eigenvalue weighted by Crippen LogP contribution is 2.40. The molecular weight excluding hydrogens is 394 g/mol. The van der Waals surface area contributed by atoms with Gasteiger partial charge in [-0.3, -0.25) is 9.20 Å². The third-order valence-corrected chi connectivity index (χ3v) is 5.84. The van der Waals surface area contributed by atoms with Crippen LogP contribution in [-0.2, 0) is 9.53 Å². The Balaban J connectivity index is 2.04. The summed E-state index contributed by atoms with van der Waals surface area (Å²) in [6.45, 7) is 2.07. The summed E-state index contributed by atoms with van der Waals surface area (Å²) in [5, 5.41) is 0.617. The minimum absolute atomic E-state index is 0.306. The van der Waals surface area contributed by atoms with Crippen LogP contribution in [0.15, 0.2) is 54.6 Å². The van der Waals surface area contributed by atoms with Gasteiger partial charge in [-0.15, -0.1) is 11.3 Å². The molecule has 0 atom stereocenters. The Bertz CT molecular complexity index is 1220. The molecule has 4 rings (SSSR count). The van der Waals surface area contributed by atoms with Crippen molar-refractivity contribution >= 4 is 56.3 Å². The lowest BCUT2D eigenvalue weighted by Crippen LogP contribution is -1.98. The number of carbonyl (C=O) groups excluding carboxylic acids is 2. The van der Waals surface area contributed by atoms with Crippen LogP contribution in [0.4, 0.5) is 0 Å². The van der Waals surface area contributed by atoms with Crippen molar-refractivity contribution in [3.63, 3.8) is 0 Å². The van der Waals surface area contributed by atoms with Crippen LogP contribution in [0.25, 0.3) is 32.2 Å². The number of hydrogen-bond donors (Lipinski definition) is 0. The number of nitrogens with zero attached hydrogens (tertiary/aromatic N) is 1. The number of halogens is 1. The van der Waals surface area contributed by atoms with E-state index in [9.17, 15) is 9.59 Å². The summed E-state index contributed by atoms with van der Waals surface area (Å²) in [6, 6.07) is 15.2. The van der Waals surface area contributed by atoms with Crippen molar-refractivity contribution in [2.24, 2.45) is 0 Å². The second-order valence-corrected chi connectivity index (χ2v) is 7.56. The second kappa shape index (κ2) is 7.62. The first kappa shape index (κ1) is 18.5. The fourth-order valence-electron chi connectivity index (χ4n) is 3.29. The average Bonchev–Trinajstić information content (AvgIpc) is 3.21. The number of aromatic nitrogens is 1.